The summed E-state index contributed by atoms with van der Waals surface area (Å²) >= 11 is 0. The number of rotatable bonds is 3. The third-order valence-corrected chi connectivity index (χ3v) is 5.83. The fourth-order valence-corrected chi connectivity index (χ4v) is 3.90. The molecule has 174 valence electrons. The number of nitrogens with zero attached hydrogens (tertiary/aromatic N) is 2. The first-order chi connectivity index (χ1) is 15.7. The molecule has 0 aliphatic carbocycles. The molecule has 3 rings (SSSR count). The summed E-state index contributed by atoms with van der Waals surface area (Å²) in [6, 6.07) is 6.11. The lowest BCUT2D eigenvalue weighted by molar-refractivity contribution is 0.0951. The van der Waals surface area contributed by atoms with Crippen molar-refractivity contribution in [2.45, 2.75) is 77.2 Å². The van der Waals surface area contributed by atoms with Crippen LogP contribution in [0.25, 0.3) is 0 Å². The third-order valence-electron chi connectivity index (χ3n) is 5.83. The Morgan fingerprint density at radius 3 is 2.03 bits per heavy atom. The number of aromatic nitrogens is 2. The molecule has 1 aliphatic heterocycles. The van der Waals surface area contributed by atoms with Crippen molar-refractivity contribution in [3.05, 3.63) is 47.4 Å². The number of fused-ring (bicyclic) bond motifs is 2. The number of nitrogens with one attached hydrogen (secondary N) is 3. The van der Waals surface area contributed by atoms with Gasteiger partial charge >= 0.3 is 0 Å². The Balaban J connectivity index is 1.62. The lowest BCUT2D eigenvalue weighted by atomic mass is 10.1. The van der Waals surface area contributed by atoms with Gasteiger partial charge < -0.3 is 16.0 Å². The fourth-order valence-electron chi connectivity index (χ4n) is 3.90. The van der Waals surface area contributed by atoms with Crippen LogP contribution in [0.5, 0.6) is 0 Å². The molecule has 2 heterocycles. The lowest BCUT2D eigenvalue weighted by Gasteiger charge is -2.13. The number of anilines is 2. The second kappa shape index (κ2) is 13.7. The van der Waals surface area contributed by atoms with E-state index in [1.165, 1.54) is 69.9 Å². The van der Waals surface area contributed by atoms with Crippen LogP contribution in [0.4, 0.5) is 16.2 Å². The number of carbonyl (C=O) groups is 1. The zero-order valence-corrected chi connectivity index (χ0v) is 19.0. The van der Waals surface area contributed by atoms with Gasteiger partial charge in [0.25, 0.3) is 5.91 Å². The summed E-state index contributed by atoms with van der Waals surface area (Å²) in [6.45, 7) is 1.92. The third kappa shape index (κ3) is 8.44. The monoisotopic (exact) mass is 441 g/mol. The molecular formula is C25H36FN5O. The molecule has 0 unspecified atom stereocenters. The van der Waals surface area contributed by atoms with Gasteiger partial charge in [-0.1, -0.05) is 69.9 Å². The maximum Gasteiger partial charge on any atom is 0.256 e. The Labute approximate surface area is 190 Å². The van der Waals surface area contributed by atoms with Crippen molar-refractivity contribution in [1.82, 2.24) is 15.3 Å². The van der Waals surface area contributed by atoms with Crippen molar-refractivity contribution in [2.75, 3.05) is 23.7 Å². The van der Waals surface area contributed by atoms with Gasteiger partial charge in [-0.2, -0.15) is 4.98 Å². The van der Waals surface area contributed by atoms with E-state index in [-0.39, 0.29) is 11.7 Å². The van der Waals surface area contributed by atoms with E-state index in [0.29, 0.717) is 23.9 Å². The van der Waals surface area contributed by atoms with Crippen LogP contribution in [0.15, 0.2) is 30.5 Å². The molecule has 0 atom stereocenters. The molecule has 0 fully saturated rings. The number of halogens is 1. The quantitative estimate of drug-likeness (QED) is 0.572. The zero-order chi connectivity index (χ0) is 22.4. The number of amides is 1. The average molecular weight is 442 g/mol. The molecule has 2 bridgehead atoms. The maximum absolute atomic E-state index is 13.1. The van der Waals surface area contributed by atoms with Crippen molar-refractivity contribution in [2.24, 2.45) is 0 Å². The van der Waals surface area contributed by atoms with Crippen LogP contribution in [-0.2, 0) is 6.54 Å². The zero-order valence-electron chi connectivity index (χ0n) is 19.0. The van der Waals surface area contributed by atoms with Crippen LogP contribution in [-0.4, -0.2) is 29.0 Å². The summed E-state index contributed by atoms with van der Waals surface area (Å²) in [6.07, 6.45) is 15.3. The van der Waals surface area contributed by atoms with E-state index in [1.54, 1.807) is 18.3 Å². The molecule has 1 aromatic carbocycles. The Kier molecular flexibility index (Phi) is 10.2. The minimum Gasteiger partial charge on any atom is -0.369 e. The van der Waals surface area contributed by atoms with Gasteiger partial charge in [0.15, 0.2) is 0 Å². The highest BCUT2D eigenvalue weighted by atomic mass is 19.1. The molecule has 0 saturated carbocycles. The van der Waals surface area contributed by atoms with E-state index in [1.807, 2.05) is 0 Å². The second-order valence-corrected chi connectivity index (χ2v) is 8.51. The lowest BCUT2D eigenvalue weighted by Crippen LogP contribution is -2.25. The predicted molar refractivity (Wildman–Crippen MR) is 127 cm³/mol. The number of hydrogen-bond acceptors (Lipinski definition) is 5. The second-order valence-electron chi connectivity index (χ2n) is 8.51. The number of carbonyl (C=O) groups excluding carboxylic acids is 1. The van der Waals surface area contributed by atoms with Gasteiger partial charge in [-0.25, -0.2) is 9.37 Å². The normalized spacial score (nSPS) is 16.7. The average Bonchev–Trinajstić information content (AvgIpc) is 2.80. The minimum absolute atomic E-state index is 0.245. The molecule has 2 aromatic rings. The molecule has 0 spiro atoms. The van der Waals surface area contributed by atoms with Crippen molar-refractivity contribution in [3.8, 4) is 0 Å². The number of benzene rings is 1. The van der Waals surface area contributed by atoms with Crippen LogP contribution in [0.2, 0.25) is 0 Å². The van der Waals surface area contributed by atoms with Crippen LogP contribution >= 0.6 is 0 Å². The van der Waals surface area contributed by atoms with Crippen LogP contribution in [0.1, 0.15) is 86.6 Å². The molecular weight excluding hydrogens is 405 g/mol. The fraction of sp³-hybridized carbons (Fsp3) is 0.560. The number of hydrogen-bond donors (Lipinski definition) is 3. The van der Waals surface area contributed by atoms with Gasteiger partial charge in [0.05, 0.1) is 0 Å². The summed E-state index contributed by atoms with van der Waals surface area (Å²) in [4.78, 5) is 21.7. The highest BCUT2D eigenvalue weighted by molar-refractivity contribution is 5.98. The Morgan fingerprint density at radius 2 is 1.41 bits per heavy atom. The SMILES string of the molecule is O=C(NCc1ccc(F)cc1)c1cnc2nc1NCCCCCCCCCCCCCN2. The van der Waals surface area contributed by atoms with Crippen LogP contribution < -0.4 is 16.0 Å². The Morgan fingerprint density at radius 1 is 0.844 bits per heavy atom. The van der Waals surface area contributed by atoms with E-state index >= 15 is 0 Å². The molecule has 3 N–H and O–H groups in total. The Hall–Kier alpha value is -2.70. The topological polar surface area (TPSA) is 78.9 Å². The van der Waals surface area contributed by atoms with Gasteiger partial charge in [-0.05, 0) is 30.5 Å². The Bertz CT molecular complexity index is 828. The van der Waals surface area contributed by atoms with E-state index in [9.17, 15) is 9.18 Å². The standard InChI is InChI=1S/C25H36FN5O/c26-21-14-12-20(13-15-21)18-29-24(32)22-19-30-25-28-17-11-9-7-5-3-1-2-4-6-8-10-16-27-23(22)31-25/h12-15,19H,1-11,16-18H2,(H,29,32)(H2,27,28,30,31). The van der Waals surface area contributed by atoms with Gasteiger partial charge in [-0.3, -0.25) is 4.79 Å². The van der Waals surface area contributed by atoms with Crippen molar-refractivity contribution < 1.29 is 9.18 Å². The molecule has 6 nitrogen and oxygen atoms in total. The summed E-state index contributed by atoms with van der Waals surface area (Å²) in [5.74, 6) is 0.564. The van der Waals surface area contributed by atoms with Crippen molar-refractivity contribution >= 4 is 17.7 Å². The summed E-state index contributed by atoms with van der Waals surface area (Å²) < 4.78 is 13.1. The van der Waals surface area contributed by atoms with Crippen molar-refractivity contribution in [3.63, 3.8) is 0 Å². The summed E-state index contributed by atoms with van der Waals surface area (Å²) in [5.41, 5.74) is 1.26. The highest BCUT2D eigenvalue weighted by Gasteiger charge is 2.15. The maximum atomic E-state index is 13.1. The highest BCUT2D eigenvalue weighted by Crippen LogP contribution is 2.17. The van der Waals surface area contributed by atoms with Gasteiger partial charge in [-0.15, -0.1) is 0 Å². The van der Waals surface area contributed by atoms with E-state index in [0.717, 1.165) is 31.5 Å². The van der Waals surface area contributed by atoms with Gasteiger partial charge in [0, 0.05) is 25.8 Å². The van der Waals surface area contributed by atoms with Crippen LogP contribution in [0, 0.1) is 5.82 Å². The predicted octanol–water partition coefficient (Wildman–Crippen LogP) is 5.67. The summed E-state index contributed by atoms with van der Waals surface area (Å²) in [5, 5.41) is 9.51. The largest absolute Gasteiger partial charge is 0.369 e. The van der Waals surface area contributed by atoms with Crippen molar-refractivity contribution in [1.29, 1.82) is 0 Å². The molecule has 7 heteroatoms. The first kappa shape index (κ1) is 24.0. The minimum atomic E-state index is -0.291. The summed E-state index contributed by atoms with van der Waals surface area (Å²) in [7, 11) is 0. The molecule has 1 aromatic heterocycles. The smallest absolute Gasteiger partial charge is 0.256 e. The first-order valence-corrected chi connectivity index (χ1v) is 12.1. The first-order valence-electron chi connectivity index (χ1n) is 12.1. The van der Waals surface area contributed by atoms with E-state index < -0.39 is 0 Å². The molecule has 0 saturated heterocycles. The molecule has 32 heavy (non-hydrogen) atoms. The van der Waals surface area contributed by atoms with Gasteiger partial charge in [0.2, 0.25) is 5.95 Å². The molecule has 1 aliphatic rings. The molecule has 0 radical (unpaired) electrons. The van der Waals surface area contributed by atoms with Gasteiger partial charge in [0.1, 0.15) is 17.2 Å². The molecule has 1 amide bonds. The van der Waals surface area contributed by atoms with E-state index in [4.69, 9.17) is 0 Å². The van der Waals surface area contributed by atoms with Crippen LogP contribution in [0.3, 0.4) is 0 Å². The van der Waals surface area contributed by atoms with E-state index in [2.05, 4.69) is 25.9 Å².